The third kappa shape index (κ3) is 4.50. The van der Waals surface area contributed by atoms with Gasteiger partial charge in [0.05, 0.1) is 0 Å². The minimum absolute atomic E-state index is 0.414. The number of halogens is 1. The van der Waals surface area contributed by atoms with Crippen molar-refractivity contribution < 1.29 is 24.1 Å². The molecule has 0 unspecified atom stereocenters. The summed E-state index contributed by atoms with van der Waals surface area (Å²) in [5.74, 6) is 0. The first-order valence-corrected chi connectivity index (χ1v) is 3.98. The maximum absolute atomic E-state index is 10.3. The molecule has 0 heterocycles. The van der Waals surface area contributed by atoms with E-state index < -0.39 is 5.24 Å². The summed E-state index contributed by atoms with van der Waals surface area (Å²) >= 11 is 6.15. The molecule has 0 aliphatic heterocycles. The molecule has 48 valence electrons. The number of allylic oxidation sites excluding steroid dienone is 3. The molecule has 0 N–H and O–H groups in total. The van der Waals surface area contributed by atoms with Gasteiger partial charge in [0.15, 0.2) is 0 Å². The third-order valence-corrected chi connectivity index (χ3v) is 2.36. The molecule has 1 nitrogen and oxygen atoms in total. The van der Waals surface area contributed by atoms with Crippen molar-refractivity contribution in [3.05, 3.63) is 24.8 Å². The molecule has 0 aliphatic rings. The molecule has 0 radical (unpaired) electrons. The summed E-state index contributed by atoms with van der Waals surface area (Å²) in [6.45, 7) is 5.01. The molecule has 0 saturated heterocycles. The molecule has 0 atom stereocenters. The molecule has 0 aromatic heterocycles. The summed E-state index contributed by atoms with van der Waals surface area (Å²) in [6.07, 6.45) is 4.51. The summed E-state index contributed by atoms with van der Waals surface area (Å²) in [5.41, 5.74) is 0. The summed E-state index contributed by atoms with van der Waals surface area (Å²) < 4.78 is 0.568. The van der Waals surface area contributed by atoms with Crippen LogP contribution in [0, 0.1) is 6.58 Å². The first-order valence-electron chi connectivity index (χ1n) is 2.14. The fourth-order valence-electron chi connectivity index (χ4n) is 0.208. The second-order valence-electron chi connectivity index (χ2n) is 1.19. The fourth-order valence-corrected chi connectivity index (χ4v) is 0.554. The summed E-state index contributed by atoms with van der Waals surface area (Å²) in [7, 11) is 0. The second kappa shape index (κ2) is 4.84. The number of hydrogen-bond acceptors (Lipinski definition) is 1. The summed E-state index contributed by atoms with van der Waals surface area (Å²) in [4.78, 5) is 10.3. The average molecular weight is 311 g/mol. The van der Waals surface area contributed by atoms with Gasteiger partial charge in [-0.25, -0.2) is 0 Å². The van der Waals surface area contributed by atoms with Crippen LogP contribution in [0.1, 0.15) is 0 Å². The van der Waals surface area contributed by atoms with Crippen LogP contribution in [0.25, 0.3) is 0 Å². The zero-order valence-corrected chi connectivity index (χ0v) is 8.19. The SMILES string of the molecule is [CH-]=C/C=C\[C](=[W])C(=O)Cl. The molecule has 0 saturated carbocycles. The standard InChI is InChI=1S/C6H4ClO.W/c1-2-3-4-5-6(7)8;/h1-4H;/q-1;/b4-3-;. The van der Waals surface area contributed by atoms with E-state index in [2.05, 4.69) is 0 Å². The molecule has 0 spiro atoms. The third-order valence-electron chi connectivity index (χ3n) is 0.552. The Morgan fingerprint density at radius 2 is 2.22 bits per heavy atom. The first kappa shape index (κ1) is 9.00. The van der Waals surface area contributed by atoms with E-state index in [4.69, 9.17) is 18.2 Å². The molecule has 3 heteroatoms. The van der Waals surface area contributed by atoms with Gasteiger partial charge in [0.25, 0.3) is 0 Å². The van der Waals surface area contributed by atoms with Crippen LogP contribution in [0.3, 0.4) is 0 Å². The second-order valence-corrected chi connectivity index (χ2v) is 3.11. The Morgan fingerprint density at radius 1 is 1.67 bits per heavy atom. The van der Waals surface area contributed by atoms with Gasteiger partial charge in [0, 0.05) is 0 Å². The van der Waals surface area contributed by atoms with Gasteiger partial charge in [-0.1, -0.05) is 0 Å². The Morgan fingerprint density at radius 3 is 2.56 bits per heavy atom. The minimum atomic E-state index is -0.414. The quantitative estimate of drug-likeness (QED) is 0.432. The van der Waals surface area contributed by atoms with Crippen molar-refractivity contribution in [1.29, 1.82) is 0 Å². The molecule has 0 aromatic carbocycles. The Hall–Kier alpha value is -0.00169. The van der Waals surface area contributed by atoms with E-state index in [1.165, 1.54) is 6.08 Å². The molecule has 0 amide bonds. The van der Waals surface area contributed by atoms with Gasteiger partial charge in [-0.2, -0.15) is 0 Å². The molecule has 0 bridgehead atoms. The van der Waals surface area contributed by atoms with Crippen LogP contribution < -0.4 is 0 Å². The van der Waals surface area contributed by atoms with E-state index in [0.717, 1.165) is 19.4 Å². The average Bonchev–Trinajstić information content (AvgIpc) is 1.82. The predicted octanol–water partition coefficient (Wildman–Crippen LogP) is 1.02. The van der Waals surface area contributed by atoms with Gasteiger partial charge >= 0.3 is 69.7 Å². The molecule has 0 aliphatic carbocycles. The van der Waals surface area contributed by atoms with E-state index in [1.54, 1.807) is 12.2 Å². The van der Waals surface area contributed by atoms with Gasteiger partial charge in [-0.15, -0.1) is 0 Å². The molecule has 0 fully saturated rings. The molecular formula is C6H4ClOW-. The van der Waals surface area contributed by atoms with Crippen molar-refractivity contribution in [3.8, 4) is 0 Å². The summed E-state index contributed by atoms with van der Waals surface area (Å²) in [6, 6.07) is 0. The molecular weight excluding hydrogens is 307 g/mol. The van der Waals surface area contributed by atoms with Crippen LogP contribution in [0.5, 0.6) is 0 Å². The van der Waals surface area contributed by atoms with Crippen molar-refractivity contribution in [3.63, 3.8) is 0 Å². The Kier molecular flexibility index (Phi) is 4.84. The van der Waals surface area contributed by atoms with Gasteiger partial charge in [-0.05, 0) is 0 Å². The molecule has 9 heavy (non-hydrogen) atoms. The predicted molar refractivity (Wildman–Crippen MR) is 33.9 cm³/mol. The van der Waals surface area contributed by atoms with Gasteiger partial charge < -0.3 is 0 Å². The zero-order valence-electron chi connectivity index (χ0n) is 4.50. The van der Waals surface area contributed by atoms with Crippen molar-refractivity contribution in [2.24, 2.45) is 0 Å². The van der Waals surface area contributed by atoms with Gasteiger partial charge in [0.1, 0.15) is 0 Å². The van der Waals surface area contributed by atoms with Crippen LogP contribution in [0.4, 0.5) is 0 Å². The van der Waals surface area contributed by atoms with Crippen molar-refractivity contribution in [2.75, 3.05) is 0 Å². The Bertz CT molecular complexity index is 172. The van der Waals surface area contributed by atoms with Crippen molar-refractivity contribution >= 4 is 20.7 Å². The van der Waals surface area contributed by atoms with E-state index in [-0.39, 0.29) is 0 Å². The number of rotatable bonds is 3. The monoisotopic (exact) mass is 311 g/mol. The van der Waals surface area contributed by atoms with Crippen molar-refractivity contribution in [1.82, 2.24) is 0 Å². The zero-order chi connectivity index (χ0) is 7.28. The van der Waals surface area contributed by atoms with E-state index in [9.17, 15) is 4.79 Å². The van der Waals surface area contributed by atoms with Crippen LogP contribution in [-0.2, 0) is 24.1 Å². The van der Waals surface area contributed by atoms with E-state index >= 15 is 0 Å². The summed E-state index contributed by atoms with van der Waals surface area (Å²) in [5, 5.41) is -0.414. The Labute approximate surface area is 69.8 Å². The van der Waals surface area contributed by atoms with Gasteiger partial charge in [0.2, 0.25) is 0 Å². The molecule has 0 rings (SSSR count). The van der Waals surface area contributed by atoms with Crippen LogP contribution >= 0.6 is 11.6 Å². The van der Waals surface area contributed by atoms with Crippen LogP contribution in [-0.4, -0.2) is 9.14 Å². The first-order chi connectivity index (χ1) is 4.18. The van der Waals surface area contributed by atoms with Crippen LogP contribution in [0.2, 0.25) is 0 Å². The van der Waals surface area contributed by atoms with E-state index in [0.29, 0.717) is 3.90 Å². The van der Waals surface area contributed by atoms with Crippen molar-refractivity contribution in [2.45, 2.75) is 0 Å². The number of carbonyl (C=O) groups is 1. The topological polar surface area (TPSA) is 17.1 Å². The fraction of sp³-hybridized carbons (Fsp3) is 0. The van der Waals surface area contributed by atoms with E-state index in [1.807, 2.05) is 0 Å². The number of carbonyl (C=O) groups excluding carboxylic acids is 1. The normalized spacial score (nSPS) is 9.44. The van der Waals surface area contributed by atoms with Gasteiger partial charge in [-0.3, -0.25) is 0 Å². The maximum atomic E-state index is 10.3. The Balaban J connectivity index is 3.92. The molecule has 0 aromatic rings. The van der Waals surface area contributed by atoms with Crippen LogP contribution in [0.15, 0.2) is 18.2 Å². The number of hydrogen-bond donors (Lipinski definition) is 0.